The Kier molecular flexibility index (Phi) is 5.46. The normalized spacial score (nSPS) is 16.3. The molecule has 0 radical (unpaired) electrons. The summed E-state index contributed by atoms with van der Waals surface area (Å²) in [7, 11) is 2.22. The molecule has 1 aromatic heterocycles. The van der Waals surface area contributed by atoms with Crippen LogP contribution in [0.4, 0.5) is 0 Å². The van der Waals surface area contributed by atoms with E-state index in [0.717, 1.165) is 31.3 Å². The third-order valence-corrected chi connectivity index (χ3v) is 3.91. The predicted octanol–water partition coefficient (Wildman–Crippen LogP) is 3.26. The number of hydrogen-bond donors (Lipinski definition) is 1. The maximum atomic E-state index is 5.60. The molecule has 1 N–H and O–H groups in total. The minimum atomic E-state index is 0.680. The van der Waals surface area contributed by atoms with Crippen molar-refractivity contribution >= 4 is 0 Å². The highest BCUT2D eigenvalue weighted by molar-refractivity contribution is 5.16. The Morgan fingerprint density at radius 2 is 2.21 bits per heavy atom. The highest BCUT2D eigenvalue weighted by atomic mass is 16.3. The predicted molar refractivity (Wildman–Crippen MR) is 78.9 cm³/mol. The van der Waals surface area contributed by atoms with Crippen LogP contribution in [0.15, 0.2) is 16.7 Å². The third-order valence-electron chi connectivity index (χ3n) is 3.91. The number of nitrogens with one attached hydrogen (secondary N) is 1. The lowest BCUT2D eigenvalue weighted by molar-refractivity contribution is 0.199. The lowest BCUT2D eigenvalue weighted by Gasteiger charge is -2.30. The summed E-state index contributed by atoms with van der Waals surface area (Å²) in [4.78, 5) is 2.43. The van der Waals surface area contributed by atoms with Gasteiger partial charge in [-0.2, -0.15) is 0 Å². The van der Waals surface area contributed by atoms with Crippen molar-refractivity contribution in [2.45, 2.75) is 46.2 Å². The topological polar surface area (TPSA) is 28.4 Å². The second-order valence-electron chi connectivity index (χ2n) is 6.39. The lowest BCUT2D eigenvalue weighted by Crippen LogP contribution is -2.29. The molecule has 2 rings (SSSR count). The van der Waals surface area contributed by atoms with E-state index in [0.29, 0.717) is 5.92 Å². The van der Waals surface area contributed by atoms with Crippen LogP contribution < -0.4 is 5.32 Å². The van der Waals surface area contributed by atoms with E-state index in [4.69, 9.17) is 4.42 Å². The van der Waals surface area contributed by atoms with Crippen LogP contribution in [0.5, 0.6) is 0 Å². The molecule has 1 fully saturated rings. The van der Waals surface area contributed by atoms with Gasteiger partial charge in [0.1, 0.15) is 5.76 Å². The average molecular weight is 264 g/mol. The standard InChI is InChI=1S/C16H28N2O/c1-13(2)9-17-10-16-15(7-8-19-16)12-18(3)11-14-5-4-6-14/h7-8,13-14,17H,4-6,9-12H2,1-3H3. The van der Waals surface area contributed by atoms with Gasteiger partial charge in [-0.3, -0.25) is 0 Å². The van der Waals surface area contributed by atoms with Crippen molar-refractivity contribution in [2.24, 2.45) is 11.8 Å². The fourth-order valence-electron chi connectivity index (χ4n) is 2.61. The molecular formula is C16H28N2O. The summed E-state index contributed by atoms with van der Waals surface area (Å²) in [5, 5.41) is 3.45. The summed E-state index contributed by atoms with van der Waals surface area (Å²) in [5.74, 6) is 2.71. The Labute approximate surface area is 117 Å². The average Bonchev–Trinajstić information content (AvgIpc) is 2.71. The molecule has 0 unspecified atom stereocenters. The molecule has 1 saturated carbocycles. The maximum Gasteiger partial charge on any atom is 0.122 e. The van der Waals surface area contributed by atoms with Gasteiger partial charge in [0.05, 0.1) is 12.8 Å². The number of rotatable bonds is 8. The molecule has 0 saturated heterocycles. The van der Waals surface area contributed by atoms with E-state index in [-0.39, 0.29) is 0 Å². The smallest absolute Gasteiger partial charge is 0.122 e. The van der Waals surface area contributed by atoms with Crippen molar-refractivity contribution < 1.29 is 4.42 Å². The Morgan fingerprint density at radius 1 is 1.42 bits per heavy atom. The molecule has 1 heterocycles. The Hall–Kier alpha value is -0.800. The van der Waals surface area contributed by atoms with Gasteiger partial charge in [-0.25, -0.2) is 0 Å². The summed E-state index contributed by atoms with van der Waals surface area (Å²) >= 11 is 0. The zero-order chi connectivity index (χ0) is 13.7. The first kappa shape index (κ1) is 14.6. The van der Waals surface area contributed by atoms with E-state index >= 15 is 0 Å². The summed E-state index contributed by atoms with van der Waals surface area (Å²) in [5.41, 5.74) is 1.33. The van der Waals surface area contributed by atoms with E-state index in [9.17, 15) is 0 Å². The molecule has 0 atom stereocenters. The first-order valence-electron chi connectivity index (χ1n) is 7.59. The van der Waals surface area contributed by atoms with Crippen LogP contribution in [0, 0.1) is 11.8 Å². The quantitative estimate of drug-likeness (QED) is 0.781. The largest absolute Gasteiger partial charge is 0.468 e. The van der Waals surface area contributed by atoms with Gasteiger partial charge < -0.3 is 14.6 Å². The molecule has 1 aromatic rings. The first-order chi connectivity index (χ1) is 9.15. The molecule has 3 nitrogen and oxygen atoms in total. The molecule has 3 heteroatoms. The molecule has 0 spiro atoms. The molecule has 0 bridgehead atoms. The molecule has 0 amide bonds. The number of furan rings is 1. The van der Waals surface area contributed by atoms with E-state index in [1.807, 2.05) is 6.26 Å². The number of nitrogens with zero attached hydrogens (tertiary/aromatic N) is 1. The van der Waals surface area contributed by atoms with E-state index in [1.54, 1.807) is 0 Å². The van der Waals surface area contributed by atoms with Gasteiger partial charge in [0, 0.05) is 18.7 Å². The third kappa shape index (κ3) is 4.66. The van der Waals surface area contributed by atoms with Gasteiger partial charge in [0.25, 0.3) is 0 Å². The Bertz CT molecular complexity index is 369. The summed E-state index contributed by atoms with van der Waals surface area (Å²) in [6.45, 7) is 8.57. The second-order valence-corrected chi connectivity index (χ2v) is 6.39. The Balaban J connectivity index is 1.77. The summed E-state index contributed by atoms with van der Waals surface area (Å²) in [6, 6.07) is 2.11. The van der Waals surface area contributed by atoms with Crippen molar-refractivity contribution in [3.63, 3.8) is 0 Å². The molecule has 0 aliphatic heterocycles. The fraction of sp³-hybridized carbons (Fsp3) is 0.750. The first-order valence-corrected chi connectivity index (χ1v) is 7.59. The minimum Gasteiger partial charge on any atom is -0.468 e. The van der Waals surface area contributed by atoms with E-state index in [1.165, 1.54) is 31.4 Å². The zero-order valence-electron chi connectivity index (χ0n) is 12.6. The monoisotopic (exact) mass is 264 g/mol. The summed E-state index contributed by atoms with van der Waals surface area (Å²) in [6.07, 6.45) is 6.07. The maximum absolute atomic E-state index is 5.60. The van der Waals surface area contributed by atoms with Crippen LogP contribution in [0.25, 0.3) is 0 Å². The van der Waals surface area contributed by atoms with Gasteiger partial charge >= 0.3 is 0 Å². The SMILES string of the molecule is CC(C)CNCc1occc1CN(C)CC1CCC1. The summed E-state index contributed by atoms with van der Waals surface area (Å²) < 4.78 is 5.60. The van der Waals surface area contributed by atoms with Crippen molar-refractivity contribution in [1.82, 2.24) is 10.2 Å². The molecule has 1 aliphatic rings. The van der Waals surface area contributed by atoms with Gasteiger partial charge in [0.2, 0.25) is 0 Å². The van der Waals surface area contributed by atoms with Crippen LogP contribution in [0.2, 0.25) is 0 Å². The van der Waals surface area contributed by atoms with Gasteiger partial charge in [0.15, 0.2) is 0 Å². The van der Waals surface area contributed by atoms with Crippen molar-refractivity contribution in [2.75, 3.05) is 20.1 Å². The molecular weight excluding hydrogens is 236 g/mol. The second kappa shape index (κ2) is 7.11. The van der Waals surface area contributed by atoms with Crippen LogP contribution in [0.3, 0.4) is 0 Å². The van der Waals surface area contributed by atoms with E-state index < -0.39 is 0 Å². The molecule has 1 aliphatic carbocycles. The van der Waals surface area contributed by atoms with Crippen molar-refractivity contribution in [3.8, 4) is 0 Å². The van der Waals surface area contributed by atoms with Gasteiger partial charge in [-0.1, -0.05) is 20.3 Å². The van der Waals surface area contributed by atoms with Gasteiger partial charge in [-0.15, -0.1) is 0 Å². The van der Waals surface area contributed by atoms with E-state index in [2.05, 4.69) is 37.2 Å². The van der Waals surface area contributed by atoms with Crippen LogP contribution in [0.1, 0.15) is 44.4 Å². The molecule has 108 valence electrons. The highest BCUT2D eigenvalue weighted by Crippen LogP contribution is 2.27. The van der Waals surface area contributed by atoms with Gasteiger partial charge in [-0.05, 0) is 44.3 Å². The fourth-order valence-corrected chi connectivity index (χ4v) is 2.61. The van der Waals surface area contributed by atoms with Crippen LogP contribution >= 0.6 is 0 Å². The highest BCUT2D eigenvalue weighted by Gasteiger charge is 2.19. The zero-order valence-corrected chi connectivity index (χ0v) is 12.6. The lowest BCUT2D eigenvalue weighted by atomic mass is 9.85. The van der Waals surface area contributed by atoms with Crippen molar-refractivity contribution in [3.05, 3.63) is 23.7 Å². The minimum absolute atomic E-state index is 0.680. The van der Waals surface area contributed by atoms with Crippen LogP contribution in [-0.4, -0.2) is 25.0 Å². The van der Waals surface area contributed by atoms with Crippen molar-refractivity contribution in [1.29, 1.82) is 0 Å². The molecule has 19 heavy (non-hydrogen) atoms. The number of hydrogen-bond acceptors (Lipinski definition) is 3. The Morgan fingerprint density at radius 3 is 2.84 bits per heavy atom. The van der Waals surface area contributed by atoms with Crippen LogP contribution in [-0.2, 0) is 13.1 Å². The molecule has 0 aromatic carbocycles.